The first kappa shape index (κ1) is 16.1. The van der Waals surface area contributed by atoms with Gasteiger partial charge < -0.3 is 18.9 Å². The zero-order valence-electron chi connectivity index (χ0n) is 15.4. The van der Waals surface area contributed by atoms with E-state index in [2.05, 4.69) is 17.0 Å². The molecule has 0 fully saturated rings. The Morgan fingerprint density at radius 3 is 2.44 bits per heavy atom. The molecule has 5 heteroatoms. The molecule has 0 aliphatic carbocycles. The summed E-state index contributed by atoms with van der Waals surface area (Å²) >= 11 is 0. The lowest BCUT2D eigenvalue weighted by Crippen LogP contribution is -2.27. The van der Waals surface area contributed by atoms with E-state index in [0.717, 1.165) is 50.5 Å². The molecule has 0 bridgehead atoms. The van der Waals surface area contributed by atoms with Crippen LogP contribution in [0.4, 0.5) is 0 Å². The van der Waals surface area contributed by atoms with E-state index in [1.165, 1.54) is 0 Å². The molecule has 2 heterocycles. The van der Waals surface area contributed by atoms with Crippen LogP contribution in [0.25, 0.3) is 32.4 Å². The monoisotopic (exact) mass is 360 g/mol. The predicted molar refractivity (Wildman–Crippen MR) is 108 cm³/mol. The average molecular weight is 360 g/mol. The quantitative estimate of drug-likeness (QED) is 0.524. The smallest absolute Gasteiger partial charge is 0.258 e. The number of hydrogen-bond donors (Lipinski definition) is 0. The van der Waals surface area contributed by atoms with Gasteiger partial charge in [-0.1, -0.05) is 30.3 Å². The molecule has 5 rings (SSSR count). The number of hydrogen-bond acceptors (Lipinski definition) is 4. The maximum atomic E-state index is 13.3. The third-order valence-corrected chi connectivity index (χ3v) is 5.22. The molecule has 136 valence electrons. The van der Waals surface area contributed by atoms with Gasteiger partial charge in [0.1, 0.15) is 0 Å². The van der Waals surface area contributed by atoms with Crippen molar-refractivity contribution in [2.45, 2.75) is 6.54 Å². The number of ether oxygens (including phenoxy) is 2. The van der Waals surface area contributed by atoms with Crippen LogP contribution in [0.3, 0.4) is 0 Å². The lowest BCUT2D eigenvalue weighted by Gasteiger charge is -2.17. The minimum absolute atomic E-state index is 0.0464. The van der Waals surface area contributed by atoms with Crippen LogP contribution >= 0.6 is 0 Å². The van der Waals surface area contributed by atoms with Gasteiger partial charge in [-0.3, -0.25) is 4.79 Å². The zero-order valence-corrected chi connectivity index (χ0v) is 15.4. The minimum atomic E-state index is 0.0464. The molecule has 1 aliphatic rings. The van der Waals surface area contributed by atoms with Crippen molar-refractivity contribution in [3.63, 3.8) is 0 Å². The summed E-state index contributed by atoms with van der Waals surface area (Å²) in [5.74, 6) is 1.49. The topological polar surface area (TPSA) is 43.7 Å². The summed E-state index contributed by atoms with van der Waals surface area (Å²) in [6, 6.07) is 16.0. The fourth-order valence-electron chi connectivity index (χ4n) is 3.87. The van der Waals surface area contributed by atoms with Gasteiger partial charge in [0.15, 0.2) is 11.5 Å². The van der Waals surface area contributed by atoms with Crippen LogP contribution in [0.1, 0.15) is 0 Å². The largest absolute Gasteiger partial charge is 0.454 e. The summed E-state index contributed by atoms with van der Waals surface area (Å²) < 4.78 is 13.0. The number of benzene rings is 3. The zero-order chi connectivity index (χ0) is 18.5. The van der Waals surface area contributed by atoms with E-state index in [0.29, 0.717) is 6.54 Å². The van der Waals surface area contributed by atoms with Crippen LogP contribution in [-0.4, -0.2) is 36.9 Å². The van der Waals surface area contributed by atoms with Crippen molar-refractivity contribution in [2.75, 3.05) is 27.4 Å². The molecule has 0 radical (unpaired) electrons. The third kappa shape index (κ3) is 2.46. The maximum absolute atomic E-state index is 13.3. The van der Waals surface area contributed by atoms with Crippen molar-refractivity contribution in [3.05, 3.63) is 58.9 Å². The van der Waals surface area contributed by atoms with Gasteiger partial charge in [-0.2, -0.15) is 0 Å². The summed E-state index contributed by atoms with van der Waals surface area (Å²) in [5.41, 5.74) is 1.00. The van der Waals surface area contributed by atoms with E-state index in [4.69, 9.17) is 9.47 Å². The normalized spacial score (nSPS) is 13.3. The van der Waals surface area contributed by atoms with Crippen molar-refractivity contribution in [1.29, 1.82) is 0 Å². The Morgan fingerprint density at radius 2 is 1.67 bits per heavy atom. The Labute approximate surface area is 156 Å². The van der Waals surface area contributed by atoms with Gasteiger partial charge in [-0.15, -0.1) is 0 Å². The molecular weight excluding hydrogens is 340 g/mol. The van der Waals surface area contributed by atoms with Crippen LogP contribution in [0.2, 0.25) is 0 Å². The van der Waals surface area contributed by atoms with Gasteiger partial charge in [0.05, 0.1) is 5.52 Å². The molecule has 3 aromatic carbocycles. The van der Waals surface area contributed by atoms with E-state index in [-0.39, 0.29) is 12.4 Å². The standard InChI is InChI=1S/C22H20N2O3/c1-23(2)9-10-24-21-16(15-5-3-4-6-17(15)22(24)25)8-7-14-11-19-20(12-18(14)21)27-13-26-19/h3-8,11-12H,9-10,13H2,1-2H3. The first-order valence-corrected chi connectivity index (χ1v) is 9.06. The van der Waals surface area contributed by atoms with Crippen LogP contribution in [0, 0.1) is 0 Å². The van der Waals surface area contributed by atoms with Gasteiger partial charge in [0, 0.05) is 29.2 Å². The Hall–Kier alpha value is -3.05. The molecule has 0 saturated carbocycles. The Morgan fingerprint density at radius 1 is 0.926 bits per heavy atom. The Kier molecular flexibility index (Phi) is 3.58. The predicted octanol–water partition coefficient (Wildman–Crippen LogP) is 3.60. The second-order valence-electron chi connectivity index (χ2n) is 7.19. The first-order chi connectivity index (χ1) is 13.1. The highest BCUT2D eigenvalue weighted by molar-refractivity contribution is 6.15. The molecule has 0 saturated heterocycles. The van der Waals surface area contributed by atoms with Gasteiger partial charge in [0.25, 0.3) is 5.56 Å². The molecule has 0 unspecified atom stereocenters. The number of pyridine rings is 1. The number of rotatable bonds is 3. The molecule has 0 atom stereocenters. The molecule has 1 aromatic heterocycles. The number of fused-ring (bicyclic) bond motifs is 6. The van der Waals surface area contributed by atoms with E-state index in [1.807, 2.05) is 55.1 Å². The molecule has 4 aromatic rings. The van der Waals surface area contributed by atoms with E-state index in [1.54, 1.807) is 0 Å². The number of likely N-dealkylation sites (N-methyl/N-ethyl adjacent to an activating group) is 1. The second-order valence-corrected chi connectivity index (χ2v) is 7.19. The summed E-state index contributed by atoms with van der Waals surface area (Å²) in [6.07, 6.45) is 0. The van der Waals surface area contributed by atoms with Gasteiger partial charge >= 0.3 is 0 Å². The van der Waals surface area contributed by atoms with Crippen molar-refractivity contribution >= 4 is 32.4 Å². The Bertz CT molecular complexity index is 1260. The molecule has 5 nitrogen and oxygen atoms in total. The van der Waals surface area contributed by atoms with Gasteiger partial charge in [-0.25, -0.2) is 0 Å². The third-order valence-electron chi connectivity index (χ3n) is 5.22. The van der Waals surface area contributed by atoms with E-state index >= 15 is 0 Å². The summed E-state index contributed by atoms with van der Waals surface area (Å²) in [6.45, 7) is 1.65. The highest BCUT2D eigenvalue weighted by atomic mass is 16.7. The molecule has 27 heavy (non-hydrogen) atoms. The average Bonchev–Trinajstić information content (AvgIpc) is 3.13. The first-order valence-electron chi connectivity index (χ1n) is 9.06. The lowest BCUT2D eigenvalue weighted by molar-refractivity contribution is 0.174. The van der Waals surface area contributed by atoms with Crippen molar-refractivity contribution < 1.29 is 9.47 Å². The summed E-state index contributed by atoms with van der Waals surface area (Å²) in [7, 11) is 4.04. The van der Waals surface area contributed by atoms with Crippen LogP contribution in [0.15, 0.2) is 53.3 Å². The van der Waals surface area contributed by atoms with Crippen molar-refractivity contribution in [2.24, 2.45) is 0 Å². The molecule has 0 N–H and O–H groups in total. The van der Waals surface area contributed by atoms with Crippen LogP contribution < -0.4 is 15.0 Å². The SMILES string of the molecule is CN(C)CCn1c(=O)c2ccccc2c2ccc3cc4c(cc3c21)OCO4. The summed E-state index contributed by atoms with van der Waals surface area (Å²) in [5, 5.41) is 4.87. The van der Waals surface area contributed by atoms with Gasteiger partial charge in [0.2, 0.25) is 6.79 Å². The van der Waals surface area contributed by atoms with Crippen molar-refractivity contribution in [3.8, 4) is 11.5 Å². The van der Waals surface area contributed by atoms with Crippen LogP contribution in [0.5, 0.6) is 11.5 Å². The van der Waals surface area contributed by atoms with Crippen LogP contribution in [-0.2, 0) is 6.54 Å². The number of nitrogens with zero attached hydrogens (tertiary/aromatic N) is 2. The Balaban J connectivity index is 1.94. The van der Waals surface area contributed by atoms with E-state index in [9.17, 15) is 4.79 Å². The fraction of sp³-hybridized carbons (Fsp3) is 0.227. The lowest BCUT2D eigenvalue weighted by atomic mass is 10.0. The molecule has 0 amide bonds. The second kappa shape index (κ2) is 5.99. The highest BCUT2D eigenvalue weighted by Crippen LogP contribution is 2.39. The number of aromatic nitrogens is 1. The molecule has 1 aliphatic heterocycles. The van der Waals surface area contributed by atoms with Gasteiger partial charge in [-0.05, 0) is 43.1 Å². The molecule has 0 spiro atoms. The fourth-order valence-corrected chi connectivity index (χ4v) is 3.87. The summed E-state index contributed by atoms with van der Waals surface area (Å²) in [4.78, 5) is 15.4. The van der Waals surface area contributed by atoms with Crippen molar-refractivity contribution in [1.82, 2.24) is 9.47 Å². The molecular formula is C22H20N2O3. The minimum Gasteiger partial charge on any atom is -0.454 e. The van der Waals surface area contributed by atoms with E-state index < -0.39 is 0 Å². The highest BCUT2D eigenvalue weighted by Gasteiger charge is 2.18. The maximum Gasteiger partial charge on any atom is 0.258 e.